The summed E-state index contributed by atoms with van der Waals surface area (Å²) in [6.45, 7) is 1.77. The maximum atomic E-state index is 12.3. The standard InChI is InChI=1S/C15H26F3N3O.HI/c1-2-19-14(20-9-13(22)15(16,17)18)21-12-7-6-10-4-3-5-11(10)8-12;/h10-13,22H,2-9H2,1H3,(H2,19,20,21);1H. The van der Waals surface area contributed by atoms with Gasteiger partial charge in [-0.3, -0.25) is 4.99 Å². The second kappa shape index (κ2) is 9.29. The van der Waals surface area contributed by atoms with Gasteiger partial charge < -0.3 is 15.7 Å². The molecule has 0 aromatic heterocycles. The Kier molecular flexibility index (Phi) is 8.40. The highest BCUT2D eigenvalue weighted by atomic mass is 127. The van der Waals surface area contributed by atoms with Gasteiger partial charge >= 0.3 is 6.18 Å². The third-order valence-electron chi connectivity index (χ3n) is 4.77. The Morgan fingerprint density at radius 1 is 1.22 bits per heavy atom. The molecule has 0 spiro atoms. The fourth-order valence-electron chi connectivity index (χ4n) is 3.63. The van der Waals surface area contributed by atoms with E-state index in [1.165, 1.54) is 25.7 Å². The van der Waals surface area contributed by atoms with E-state index in [0.717, 1.165) is 24.7 Å². The largest absolute Gasteiger partial charge is 0.416 e. The predicted molar refractivity (Wildman–Crippen MR) is 95.1 cm³/mol. The van der Waals surface area contributed by atoms with Gasteiger partial charge in [0, 0.05) is 12.6 Å². The van der Waals surface area contributed by atoms with Gasteiger partial charge in [-0.05, 0) is 38.0 Å². The monoisotopic (exact) mass is 449 g/mol. The molecule has 136 valence electrons. The second-order valence-corrected chi connectivity index (χ2v) is 6.38. The lowest BCUT2D eigenvalue weighted by atomic mass is 9.79. The van der Waals surface area contributed by atoms with Crippen molar-refractivity contribution in [2.24, 2.45) is 16.8 Å². The molecule has 2 fully saturated rings. The quantitative estimate of drug-likeness (QED) is 0.352. The average molecular weight is 449 g/mol. The molecule has 0 aromatic rings. The highest BCUT2D eigenvalue weighted by Gasteiger charge is 2.38. The summed E-state index contributed by atoms with van der Waals surface area (Å²) >= 11 is 0. The van der Waals surface area contributed by atoms with Crippen molar-refractivity contribution < 1.29 is 18.3 Å². The van der Waals surface area contributed by atoms with Crippen molar-refractivity contribution in [1.82, 2.24) is 10.6 Å². The molecule has 0 bridgehead atoms. The van der Waals surface area contributed by atoms with Crippen molar-refractivity contribution in [1.29, 1.82) is 0 Å². The molecular formula is C15H27F3IN3O. The number of nitrogens with one attached hydrogen (secondary N) is 2. The van der Waals surface area contributed by atoms with Gasteiger partial charge in [0.1, 0.15) is 0 Å². The smallest absolute Gasteiger partial charge is 0.382 e. The molecule has 4 atom stereocenters. The molecule has 2 rings (SSSR count). The summed E-state index contributed by atoms with van der Waals surface area (Å²) in [6.07, 6.45) is 0.147. The van der Waals surface area contributed by atoms with E-state index in [4.69, 9.17) is 5.11 Å². The Hall–Kier alpha value is -0.250. The summed E-state index contributed by atoms with van der Waals surface area (Å²) < 4.78 is 37.0. The van der Waals surface area contributed by atoms with Crippen molar-refractivity contribution >= 4 is 29.9 Å². The highest BCUT2D eigenvalue weighted by Crippen LogP contribution is 2.41. The van der Waals surface area contributed by atoms with Crippen LogP contribution in [0.2, 0.25) is 0 Å². The normalized spacial score (nSPS) is 29.4. The number of fused-ring (bicyclic) bond motifs is 1. The van der Waals surface area contributed by atoms with Gasteiger partial charge in [-0.1, -0.05) is 19.3 Å². The van der Waals surface area contributed by atoms with Gasteiger partial charge in [-0.15, -0.1) is 24.0 Å². The lowest BCUT2D eigenvalue weighted by molar-refractivity contribution is -0.199. The van der Waals surface area contributed by atoms with E-state index < -0.39 is 18.8 Å². The number of aliphatic imine (C=N–C) groups is 1. The van der Waals surface area contributed by atoms with Crippen molar-refractivity contribution in [3.05, 3.63) is 0 Å². The van der Waals surface area contributed by atoms with E-state index in [1.54, 1.807) is 0 Å². The number of hydrogen-bond acceptors (Lipinski definition) is 2. The molecule has 8 heteroatoms. The van der Waals surface area contributed by atoms with E-state index in [9.17, 15) is 13.2 Å². The first-order valence-electron chi connectivity index (χ1n) is 8.19. The molecule has 2 saturated carbocycles. The summed E-state index contributed by atoms with van der Waals surface area (Å²) in [5.41, 5.74) is 0. The Bertz CT molecular complexity index is 393. The third kappa shape index (κ3) is 6.28. The maximum absolute atomic E-state index is 12.3. The minimum atomic E-state index is -4.62. The molecular weight excluding hydrogens is 422 g/mol. The number of rotatable bonds is 4. The third-order valence-corrected chi connectivity index (χ3v) is 4.77. The summed E-state index contributed by atoms with van der Waals surface area (Å²) in [7, 11) is 0. The van der Waals surface area contributed by atoms with Crippen LogP contribution in [0.15, 0.2) is 4.99 Å². The van der Waals surface area contributed by atoms with Crippen molar-refractivity contribution in [2.45, 2.75) is 63.8 Å². The van der Waals surface area contributed by atoms with Gasteiger partial charge in [-0.2, -0.15) is 13.2 Å². The number of aliphatic hydroxyl groups is 1. The number of guanidine groups is 1. The summed E-state index contributed by atoms with van der Waals surface area (Å²) in [5, 5.41) is 15.2. The van der Waals surface area contributed by atoms with Gasteiger partial charge in [0.25, 0.3) is 0 Å². The Balaban J connectivity index is 0.00000264. The Morgan fingerprint density at radius 2 is 1.91 bits per heavy atom. The van der Waals surface area contributed by atoms with E-state index in [2.05, 4.69) is 15.6 Å². The first-order chi connectivity index (χ1) is 10.4. The molecule has 0 aliphatic heterocycles. The fraction of sp³-hybridized carbons (Fsp3) is 0.933. The van der Waals surface area contributed by atoms with Gasteiger partial charge in [-0.25, -0.2) is 0 Å². The molecule has 0 radical (unpaired) electrons. The van der Waals surface area contributed by atoms with E-state index in [0.29, 0.717) is 12.5 Å². The zero-order chi connectivity index (χ0) is 16.2. The van der Waals surface area contributed by atoms with Crippen LogP contribution in [-0.2, 0) is 0 Å². The lowest BCUT2D eigenvalue weighted by Gasteiger charge is -2.33. The zero-order valence-electron chi connectivity index (χ0n) is 13.4. The van der Waals surface area contributed by atoms with Crippen LogP contribution in [0.4, 0.5) is 13.2 Å². The van der Waals surface area contributed by atoms with E-state index in [1.807, 2.05) is 6.92 Å². The highest BCUT2D eigenvalue weighted by molar-refractivity contribution is 14.0. The van der Waals surface area contributed by atoms with E-state index >= 15 is 0 Å². The van der Waals surface area contributed by atoms with Crippen LogP contribution < -0.4 is 10.6 Å². The Morgan fingerprint density at radius 3 is 2.57 bits per heavy atom. The number of nitrogens with zero attached hydrogens (tertiary/aromatic N) is 1. The van der Waals surface area contributed by atoms with Crippen LogP contribution in [0.5, 0.6) is 0 Å². The number of halogens is 4. The molecule has 23 heavy (non-hydrogen) atoms. The molecule has 0 heterocycles. The molecule has 4 nitrogen and oxygen atoms in total. The molecule has 0 amide bonds. The van der Waals surface area contributed by atoms with Crippen molar-refractivity contribution in [3.63, 3.8) is 0 Å². The first kappa shape index (κ1) is 20.8. The van der Waals surface area contributed by atoms with Gasteiger partial charge in [0.15, 0.2) is 12.1 Å². The van der Waals surface area contributed by atoms with Gasteiger partial charge in [0.2, 0.25) is 0 Å². The van der Waals surface area contributed by atoms with Crippen LogP contribution in [0.3, 0.4) is 0 Å². The van der Waals surface area contributed by atoms with E-state index in [-0.39, 0.29) is 30.0 Å². The molecule has 0 aromatic carbocycles. The summed E-state index contributed by atoms with van der Waals surface area (Å²) in [6, 6.07) is 0.264. The minimum absolute atomic E-state index is 0. The molecule has 2 aliphatic carbocycles. The molecule has 3 N–H and O–H groups in total. The van der Waals surface area contributed by atoms with Crippen LogP contribution in [0.1, 0.15) is 45.4 Å². The lowest BCUT2D eigenvalue weighted by Crippen LogP contribution is -2.46. The van der Waals surface area contributed by atoms with Crippen molar-refractivity contribution in [3.8, 4) is 0 Å². The molecule has 0 saturated heterocycles. The molecule has 2 aliphatic rings. The summed E-state index contributed by atoms with van der Waals surface area (Å²) in [5.74, 6) is 1.95. The number of aliphatic hydroxyl groups excluding tert-OH is 1. The number of hydrogen-bond donors (Lipinski definition) is 3. The van der Waals surface area contributed by atoms with Crippen molar-refractivity contribution in [2.75, 3.05) is 13.1 Å². The van der Waals surface area contributed by atoms with Gasteiger partial charge in [0.05, 0.1) is 6.54 Å². The fourth-order valence-corrected chi connectivity index (χ4v) is 3.63. The SMILES string of the molecule is CCNC(=NCC(O)C(F)(F)F)NC1CCC2CCCC2C1.I. The van der Waals surface area contributed by atoms with Crippen LogP contribution in [0, 0.1) is 11.8 Å². The Labute approximate surface area is 152 Å². The maximum Gasteiger partial charge on any atom is 0.416 e. The van der Waals surface area contributed by atoms with Crippen LogP contribution in [0.25, 0.3) is 0 Å². The first-order valence-corrected chi connectivity index (χ1v) is 8.19. The second-order valence-electron chi connectivity index (χ2n) is 6.38. The number of alkyl halides is 3. The summed E-state index contributed by atoms with van der Waals surface area (Å²) in [4.78, 5) is 3.88. The zero-order valence-corrected chi connectivity index (χ0v) is 15.7. The van der Waals surface area contributed by atoms with Crippen LogP contribution in [-0.4, -0.2) is 42.5 Å². The topological polar surface area (TPSA) is 56.7 Å². The van der Waals surface area contributed by atoms with Crippen LogP contribution >= 0.6 is 24.0 Å². The average Bonchev–Trinajstić information content (AvgIpc) is 2.91. The molecule has 4 unspecified atom stereocenters. The minimum Gasteiger partial charge on any atom is -0.382 e. The predicted octanol–water partition coefficient (Wildman–Crippen LogP) is 3.05.